The highest BCUT2D eigenvalue weighted by Gasteiger charge is 2.34. The van der Waals surface area contributed by atoms with Gasteiger partial charge in [0.05, 0.1) is 11.3 Å². The molecule has 0 saturated heterocycles. The summed E-state index contributed by atoms with van der Waals surface area (Å²) in [5, 5.41) is 13.5. The SMILES string of the molecule is Cc1cc(=O)c(C(=O)Nc2nncs2)nn1-c1ccccc1C(F)(F)F. The third kappa shape index (κ3) is 3.47. The van der Waals surface area contributed by atoms with Gasteiger partial charge < -0.3 is 0 Å². The van der Waals surface area contributed by atoms with Gasteiger partial charge in [-0.1, -0.05) is 23.5 Å². The van der Waals surface area contributed by atoms with Gasteiger partial charge in [0.2, 0.25) is 10.6 Å². The van der Waals surface area contributed by atoms with Crippen molar-refractivity contribution in [2.24, 2.45) is 0 Å². The maximum Gasteiger partial charge on any atom is 0.418 e. The minimum Gasteiger partial charge on any atom is -0.295 e. The van der Waals surface area contributed by atoms with Crippen molar-refractivity contribution in [2.75, 3.05) is 5.32 Å². The summed E-state index contributed by atoms with van der Waals surface area (Å²) in [6.45, 7) is 1.42. The van der Waals surface area contributed by atoms with E-state index in [-0.39, 0.29) is 16.5 Å². The van der Waals surface area contributed by atoms with Crippen LogP contribution in [0.5, 0.6) is 0 Å². The van der Waals surface area contributed by atoms with Gasteiger partial charge in [0.1, 0.15) is 5.51 Å². The van der Waals surface area contributed by atoms with Crippen molar-refractivity contribution < 1.29 is 18.0 Å². The number of nitrogens with zero attached hydrogens (tertiary/aromatic N) is 4. The summed E-state index contributed by atoms with van der Waals surface area (Å²) < 4.78 is 40.7. The van der Waals surface area contributed by atoms with Crippen molar-refractivity contribution in [1.82, 2.24) is 20.0 Å². The first-order valence-electron chi connectivity index (χ1n) is 7.12. The monoisotopic (exact) mass is 381 g/mol. The standard InChI is InChI=1S/C15H10F3N5O2S/c1-8-6-11(24)12(13(25)20-14-21-19-7-26-14)22-23(8)10-5-3-2-4-9(10)15(16,17)18/h2-7H,1H3,(H,20,21,25). The molecule has 0 aliphatic heterocycles. The average Bonchev–Trinajstić information content (AvgIpc) is 3.07. The maximum atomic E-state index is 13.3. The van der Waals surface area contributed by atoms with Gasteiger partial charge in [-0.3, -0.25) is 14.9 Å². The van der Waals surface area contributed by atoms with E-state index < -0.39 is 28.8 Å². The van der Waals surface area contributed by atoms with Crippen molar-refractivity contribution in [3.8, 4) is 5.69 Å². The molecule has 3 aromatic rings. The molecule has 1 amide bonds. The third-order valence-corrected chi connectivity index (χ3v) is 3.95. The Morgan fingerprint density at radius 3 is 2.65 bits per heavy atom. The van der Waals surface area contributed by atoms with E-state index in [9.17, 15) is 22.8 Å². The number of aromatic nitrogens is 4. The highest BCUT2D eigenvalue weighted by molar-refractivity contribution is 7.13. The van der Waals surface area contributed by atoms with E-state index >= 15 is 0 Å². The molecule has 1 aromatic carbocycles. The van der Waals surface area contributed by atoms with E-state index in [0.29, 0.717) is 0 Å². The highest BCUT2D eigenvalue weighted by Crippen LogP contribution is 2.33. The van der Waals surface area contributed by atoms with Crippen LogP contribution in [0, 0.1) is 6.92 Å². The smallest absolute Gasteiger partial charge is 0.295 e. The summed E-state index contributed by atoms with van der Waals surface area (Å²) in [6.07, 6.45) is -4.62. The Hall–Kier alpha value is -3.08. The van der Waals surface area contributed by atoms with Crippen molar-refractivity contribution in [2.45, 2.75) is 13.1 Å². The Morgan fingerprint density at radius 1 is 1.27 bits per heavy atom. The molecule has 0 fully saturated rings. The molecule has 2 heterocycles. The van der Waals surface area contributed by atoms with Crippen molar-refractivity contribution in [1.29, 1.82) is 0 Å². The first-order valence-corrected chi connectivity index (χ1v) is 8.00. The number of hydrogen-bond donors (Lipinski definition) is 1. The fraction of sp³-hybridized carbons (Fsp3) is 0.133. The van der Waals surface area contributed by atoms with E-state index in [1.807, 2.05) is 0 Å². The molecule has 134 valence electrons. The first kappa shape index (κ1) is 17.7. The molecular formula is C15H10F3N5O2S. The number of nitrogens with one attached hydrogen (secondary N) is 1. The second-order valence-electron chi connectivity index (χ2n) is 5.12. The van der Waals surface area contributed by atoms with E-state index in [4.69, 9.17) is 0 Å². The predicted molar refractivity (Wildman–Crippen MR) is 87.4 cm³/mol. The van der Waals surface area contributed by atoms with Crippen LogP contribution >= 0.6 is 11.3 Å². The number of benzene rings is 1. The molecule has 0 aliphatic rings. The molecule has 0 radical (unpaired) electrons. The first-order chi connectivity index (χ1) is 12.3. The largest absolute Gasteiger partial charge is 0.418 e. The number of aryl methyl sites for hydroxylation is 1. The number of alkyl halides is 3. The van der Waals surface area contributed by atoms with Crippen LogP contribution in [0.4, 0.5) is 18.3 Å². The number of amides is 1. The Labute approximate surface area is 148 Å². The van der Waals surface area contributed by atoms with E-state index in [2.05, 4.69) is 20.6 Å². The van der Waals surface area contributed by atoms with Gasteiger partial charge in [0, 0.05) is 11.8 Å². The van der Waals surface area contributed by atoms with Crippen molar-refractivity contribution in [3.63, 3.8) is 0 Å². The third-order valence-electron chi connectivity index (χ3n) is 3.34. The lowest BCUT2D eigenvalue weighted by molar-refractivity contribution is -0.137. The molecule has 0 bridgehead atoms. The van der Waals surface area contributed by atoms with Crippen LogP contribution in [0.3, 0.4) is 0 Å². The van der Waals surface area contributed by atoms with Crippen LogP contribution in [-0.2, 0) is 6.18 Å². The lowest BCUT2D eigenvalue weighted by Gasteiger charge is -2.16. The Morgan fingerprint density at radius 2 is 2.00 bits per heavy atom. The molecular weight excluding hydrogens is 371 g/mol. The number of para-hydroxylation sites is 1. The van der Waals surface area contributed by atoms with Gasteiger partial charge in [-0.25, -0.2) is 4.68 Å². The molecule has 2 aromatic heterocycles. The summed E-state index contributed by atoms with van der Waals surface area (Å²) >= 11 is 1.02. The van der Waals surface area contributed by atoms with E-state index in [1.165, 1.54) is 30.6 Å². The number of halogens is 3. The summed E-state index contributed by atoms with van der Waals surface area (Å²) in [7, 11) is 0. The minimum absolute atomic E-state index is 0.138. The highest BCUT2D eigenvalue weighted by atomic mass is 32.1. The van der Waals surface area contributed by atoms with Crippen LogP contribution in [0.2, 0.25) is 0 Å². The van der Waals surface area contributed by atoms with E-state index in [0.717, 1.165) is 28.2 Å². The van der Waals surface area contributed by atoms with Crippen LogP contribution in [0.25, 0.3) is 5.69 Å². The number of carbonyl (C=O) groups excluding carboxylic acids is 1. The van der Waals surface area contributed by atoms with Crippen LogP contribution in [-0.4, -0.2) is 25.9 Å². The predicted octanol–water partition coefficient (Wildman–Crippen LogP) is 2.66. The second kappa shape index (κ2) is 6.67. The van der Waals surface area contributed by atoms with Gasteiger partial charge in [-0.2, -0.15) is 18.3 Å². The zero-order valence-corrected chi connectivity index (χ0v) is 13.9. The second-order valence-corrected chi connectivity index (χ2v) is 5.96. The van der Waals surface area contributed by atoms with E-state index in [1.54, 1.807) is 0 Å². The number of anilines is 1. The van der Waals surface area contributed by atoms with Crippen LogP contribution in [0.1, 0.15) is 21.7 Å². The Bertz CT molecular complexity index is 1010. The summed E-state index contributed by atoms with van der Waals surface area (Å²) in [4.78, 5) is 24.3. The molecule has 0 unspecified atom stereocenters. The molecule has 3 rings (SSSR count). The average molecular weight is 381 g/mol. The number of hydrogen-bond acceptors (Lipinski definition) is 6. The van der Waals surface area contributed by atoms with Gasteiger partial charge in [-0.05, 0) is 19.1 Å². The Balaban J connectivity index is 2.10. The number of rotatable bonds is 3. The van der Waals surface area contributed by atoms with Gasteiger partial charge in [-0.15, -0.1) is 10.2 Å². The fourth-order valence-corrected chi connectivity index (χ4v) is 2.67. The van der Waals surface area contributed by atoms with Crippen LogP contribution < -0.4 is 10.7 Å². The molecule has 11 heteroatoms. The van der Waals surface area contributed by atoms with Crippen molar-refractivity contribution in [3.05, 3.63) is 63.0 Å². The quantitative estimate of drug-likeness (QED) is 0.753. The topological polar surface area (TPSA) is 89.8 Å². The minimum atomic E-state index is -4.62. The van der Waals surface area contributed by atoms with Gasteiger partial charge in [0.15, 0.2) is 5.69 Å². The lowest BCUT2D eigenvalue weighted by Crippen LogP contribution is -2.27. The lowest BCUT2D eigenvalue weighted by atomic mass is 10.1. The molecule has 26 heavy (non-hydrogen) atoms. The van der Waals surface area contributed by atoms with Crippen LogP contribution in [0.15, 0.2) is 40.6 Å². The van der Waals surface area contributed by atoms with Gasteiger partial charge in [0.25, 0.3) is 5.91 Å². The summed E-state index contributed by atoms with van der Waals surface area (Å²) in [5.74, 6) is -0.884. The molecule has 1 N–H and O–H groups in total. The molecule has 0 atom stereocenters. The molecule has 0 aliphatic carbocycles. The summed E-state index contributed by atoms with van der Waals surface area (Å²) in [5.41, 5.74) is -0.972. The number of carbonyl (C=O) groups is 1. The normalized spacial score (nSPS) is 11.4. The molecule has 0 spiro atoms. The summed E-state index contributed by atoms with van der Waals surface area (Å²) in [6, 6.07) is 5.81. The van der Waals surface area contributed by atoms with Crippen molar-refractivity contribution >= 4 is 22.4 Å². The zero-order valence-electron chi connectivity index (χ0n) is 13.1. The maximum absolute atomic E-state index is 13.3. The zero-order chi connectivity index (χ0) is 18.9. The van der Waals surface area contributed by atoms with Gasteiger partial charge >= 0.3 is 6.18 Å². The molecule has 0 saturated carbocycles. The molecule has 7 nitrogen and oxygen atoms in total. The Kier molecular flexibility index (Phi) is 4.55. The fourth-order valence-electron chi connectivity index (χ4n) is 2.23.